The van der Waals surface area contributed by atoms with Gasteiger partial charge in [0.1, 0.15) is 11.6 Å². The number of nitrogens with one attached hydrogen (secondary N) is 2. The van der Waals surface area contributed by atoms with Gasteiger partial charge in [-0.15, -0.1) is 11.3 Å². The zero-order valence-electron chi connectivity index (χ0n) is 15.4. The minimum Gasteiger partial charge on any atom is -0.357 e. The number of hydrogen-bond acceptors (Lipinski definition) is 4. The van der Waals surface area contributed by atoms with E-state index in [1.54, 1.807) is 17.5 Å². The number of thiophene rings is 1. The molecule has 0 fully saturated rings. The SMILES string of the molecule is CCNC(=NCc1ccc(-n2ccnc2C)nc1)NCc1ccc(C)s1. The second-order valence-corrected chi connectivity index (χ2v) is 7.30. The average Bonchev–Trinajstić information content (AvgIpc) is 3.26. The van der Waals surface area contributed by atoms with Crippen molar-refractivity contribution in [1.82, 2.24) is 25.2 Å². The first kappa shape index (κ1) is 18.1. The van der Waals surface area contributed by atoms with Gasteiger partial charge in [0.15, 0.2) is 5.96 Å². The topological polar surface area (TPSA) is 67.1 Å². The Morgan fingerprint density at radius 1 is 1.15 bits per heavy atom. The van der Waals surface area contributed by atoms with Gasteiger partial charge in [0.25, 0.3) is 0 Å². The predicted molar refractivity (Wildman–Crippen MR) is 107 cm³/mol. The molecule has 0 aliphatic heterocycles. The van der Waals surface area contributed by atoms with Crippen molar-refractivity contribution in [3.05, 3.63) is 64.0 Å². The maximum Gasteiger partial charge on any atom is 0.191 e. The van der Waals surface area contributed by atoms with Crippen LogP contribution >= 0.6 is 11.3 Å². The lowest BCUT2D eigenvalue weighted by Gasteiger charge is -2.10. The van der Waals surface area contributed by atoms with Crippen LogP contribution in [0.15, 0.2) is 47.8 Å². The second-order valence-electron chi connectivity index (χ2n) is 5.93. The van der Waals surface area contributed by atoms with E-state index in [1.165, 1.54) is 9.75 Å². The lowest BCUT2D eigenvalue weighted by atomic mass is 10.3. The third-order valence-electron chi connectivity index (χ3n) is 3.87. The van der Waals surface area contributed by atoms with Crippen molar-refractivity contribution >= 4 is 17.3 Å². The van der Waals surface area contributed by atoms with Crippen molar-refractivity contribution in [2.75, 3.05) is 6.54 Å². The molecule has 26 heavy (non-hydrogen) atoms. The molecule has 0 radical (unpaired) electrons. The predicted octanol–water partition coefficient (Wildman–Crippen LogP) is 3.20. The Kier molecular flexibility index (Phi) is 6.01. The van der Waals surface area contributed by atoms with E-state index in [-0.39, 0.29) is 0 Å². The van der Waals surface area contributed by atoms with Crippen LogP contribution in [0.3, 0.4) is 0 Å². The number of aromatic nitrogens is 3. The van der Waals surface area contributed by atoms with Gasteiger partial charge in [0, 0.05) is 34.9 Å². The van der Waals surface area contributed by atoms with Crippen LogP contribution in [0.4, 0.5) is 0 Å². The van der Waals surface area contributed by atoms with Crippen LogP contribution in [0.1, 0.15) is 28.1 Å². The maximum absolute atomic E-state index is 4.66. The fourth-order valence-corrected chi connectivity index (χ4v) is 3.37. The molecule has 3 heterocycles. The van der Waals surface area contributed by atoms with E-state index in [2.05, 4.69) is 57.6 Å². The van der Waals surface area contributed by atoms with Gasteiger partial charge in [-0.1, -0.05) is 6.07 Å². The molecule has 3 aromatic rings. The van der Waals surface area contributed by atoms with Crippen molar-refractivity contribution < 1.29 is 0 Å². The Labute approximate surface area is 158 Å². The number of nitrogens with zero attached hydrogens (tertiary/aromatic N) is 4. The van der Waals surface area contributed by atoms with Gasteiger partial charge in [-0.05, 0) is 44.5 Å². The van der Waals surface area contributed by atoms with Gasteiger partial charge < -0.3 is 10.6 Å². The molecule has 0 saturated carbocycles. The Bertz CT molecular complexity index is 862. The van der Waals surface area contributed by atoms with Crippen molar-refractivity contribution in [2.24, 2.45) is 4.99 Å². The molecule has 0 saturated heterocycles. The van der Waals surface area contributed by atoms with Crippen molar-refractivity contribution in [3.8, 4) is 5.82 Å². The normalized spacial score (nSPS) is 11.6. The van der Waals surface area contributed by atoms with Crippen LogP contribution in [-0.2, 0) is 13.1 Å². The molecule has 0 unspecified atom stereocenters. The first-order chi connectivity index (χ1) is 12.7. The van der Waals surface area contributed by atoms with Crippen LogP contribution in [0, 0.1) is 13.8 Å². The van der Waals surface area contributed by atoms with E-state index < -0.39 is 0 Å². The average molecular weight is 369 g/mol. The summed E-state index contributed by atoms with van der Waals surface area (Å²) in [5.41, 5.74) is 1.07. The summed E-state index contributed by atoms with van der Waals surface area (Å²) in [5.74, 6) is 2.60. The summed E-state index contributed by atoms with van der Waals surface area (Å²) >= 11 is 1.80. The fraction of sp³-hybridized carbons (Fsp3) is 0.316. The van der Waals surface area contributed by atoms with Crippen molar-refractivity contribution in [2.45, 2.75) is 33.9 Å². The van der Waals surface area contributed by atoms with Gasteiger partial charge in [-0.2, -0.15) is 0 Å². The molecule has 0 aromatic carbocycles. The first-order valence-corrected chi connectivity index (χ1v) is 9.50. The Morgan fingerprint density at radius 3 is 2.65 bits per heavy atom. The van der Waals surface area contributed by atoms with Crippen LogP contribution in [0.25, 0.3) is 5.82 Å². The molecule has 0 aliphatic carbocycles. The molecule has 0 bridgehead atoms. The number of pyridine rings is 1. The number of guanidine groups is 1. The van der Waals surface area contributed by atoms with E-state index in [0.717, 1.165) is 36.3 Å². The van der Waals surface area contributed by atoms with E-state index in [0.29, 0.717) is 6.54 Å². The van der Waals surface area contributed by atoms with Gasteiger partial charge in [0.05, 0.1) is 13.1 Å². The van der Waals surface area contributed by atoms with Gasteiger partial charge in [0.2, 0.25) is 0 Å². The third-order valence-corrected chi connectivity index (χ3v) is 4.87. The number of aliphatic imine (C=N–C) groups is 1. The smallest absolute Gasteiger partial charge is 0.191 e. The highest BCUT2D eigenvalue weighted by Crippen LogP contribution is 2.14. The van der Waals surface area contributed by atoms with Crippen LogP contribution in [0.2, 0.25) is 0 Å². The van der Waals surface area contributed by atoms with Crippen LogP contribution < -0.4 is 10.6 Å². The lowest BCUT2D eigenvalue weighted by Crippen LogP contribution is -2.36. The molecule has 3 rings (SSSR count). The highest BCUT2D eigenvalue weighted by atomic mass is 32.1. The fourth-order valence-electron chi connectivity index (χ4n) is 2.54. The summed E-state index contributed by atoms with van der Waals surface area (Å²) in [4.78, 5) is 16.0. The molecule has 136 valence electrons. The maximum atomic E-state index is 4.66. The molecular formula is C19H24N6S. The Balaban J connectivity index is 1.62. The molecule has 0 atom stereocenters. The molecule has 7 heteroatoms. The molecule has 0 amide bonds. The van der Waals surface area contributed by atoms with E-state index >= 15 is 0 Å². The quantitative estimate of drug-likeness (QED) is 0.518. The number of aryl methyl sites for hydroxylation is 2. The summed E-state index contributed by atoms with van der Waals surface area (Å²) in [6, 6.07) is 8.34. The van der Waals surface area contributed by atoms with Gasteiger partial charge >= 0.3 is 0 Å². The van der Waals surface area contributed by atoms with Gasteiger partial charge in [-0.3, -0.25) is 4.57 Å². The lowest BCUT2D eigenvalue weighted by molar-refractivity contribution is 0.822. The summed E-state index contributed by atoms with van der Waals surface area (Å²) in [6.45, 7) is 8.33. The highest BCUT2D eigenvalue weighted by molar-refractivity contribution is 7.11. The Morgan fingerprint density at radius 2 is 2.04 bits per heavy atom. The summed E-state index contributed by atoms with van der Waals surface area (Å²) < 4.78 is 1.96. The number of imidazole rings is 1. The third kappa shape index (κ3) is 4.70. The molecule has 0 spiro atoms. The number of hydrogen-bond donors (Lipinski definition) is 2. The minimum absolute atomic E-state index is 0.578. The first-order valence-electron chi connectivity index (χ1n) is 8.68. The highest BCUT2D eigenvalue weighted by Gasteiger charge is 2.03. The zero-order valence-corrected chi connectivity index (χ0v) is 16.2. The zero-order chi connectivity index (χ0) is 18.4. The van der Waals surface area contributed by atoms with Crippen molar-refractivity contribution in [1.29, 1.82) is 0 Å². The Hall–Kier alpha value is -2.67. The van der Waals surface area contributed by atoms with E-state index in [1.807, 2.05) is 30.0 Å². The van der Waals surface area contributed by atoms with Crippen LogP contribution in [0.5, 0.6) is 0 Å². The van der Waals surface area contributed by atoms with E-state index in [4.69, 9.17) is 0 Å². The molecule has 6 nitrogen and oxygen atoms in total. The molecule has 0 aliphatic rings. The largest absolute Gasteiger partial charge is 0.357 e. The van der Waals surface area contributed by atoms with E-state index in [9.17, 15) is 0 Å². The molecule has 3 aromatic heterocycles. The van der Waals surface area contributed by atoms with Gasteiger partial charge in [-0.25, -0.2) is 15.0 Å². The summed E-state index contributed by atoms with van der Waals surface area (Å²) in [7, 11) is 0. The van der Waals surface area contributed by atoms with Crippen molar-refractivity contribution in [3.63, 3.8) is 0 Å². The summed E-state index contributed by atoms with van der Waals surface area (Å²) in [5, 5.41) is 6.66. The number of rotatable bonds is 6. The monoisotopic (exact) mass is 368 g/mol. The molecular weight excluding hydrogens is 344 g/mol. The van der Waals surface area contributed by atoms with Crippen LogP contribution in [-0.4, -0.2) is 27.0 Å². The summed E-state index contributed by atoms with van der Waals surface area (Å²) in [6.07, 6.45) is 5.55. The molecule has 2 N–H and O–H groups in total. The standard InChI is InChI=1S/C19H24N6S/c1-4-20-19(24-13-17-7-5-14(2)26-17)23-12-16-6-8-18(22-11-16)25-10-9-21-15(25)3/h5-11H,4,12-13H2,1-3H3,(H2,20,23,24). The second kappa shape index (κ2) is 8.62. The minimum atomic E-state index is 0.578.